The topological polar surface area (TPSA) is 119 Å². The van der Waals surface area contributed by atoms with E-state index in [9.17, 15) is 19.3 Å². The summed E-state index contributed by atoms with van der Waals surface area (Å²) >= 11 is 0.792. The lowest BCUT2D eigenvalue weighted by Crippen LogP contribution is -2.00. The Balaban J connectivity index is 2.62. The molecular formula is C10H6FN3O4S. The minimum absolute atomic E-state index is 0.0237. The Morgan fingerprint density at radius 3 is 2.74 bits per heavy atom. The number of aromatic carboxylic acids is 1. The first-order valence-corrected chi connectivity index (χ1v) is 5.65. The maximum Gasteiger partial charge on any atom is 0.357 e. The van der Waals surface area contributed by atoms with Crippen molar-refractivity contribution in [1.29, 1.82) is 0 Å². The molecule has 19 heavy (non-hydrogen) atoms. The maximum atomic E-state index is 13.0. The third-order valence-electron chi connectivity index (χ3n) is 2.24. The van der Waals surface area contributed by atoms with E-state index in [0.717, 1.165) is 29.5 Å². The van der Waals surface area contributed by atoms with E-state index in [1.807, 2.05) is 0 Å². The van der Waals surface area contributed by atoms with Gasteiger partial charge in [-0.05, 0) is 12.1 Å². The molecule has 0 fully saturated rings. The molecule has 0 atom stereocenters. The van der Waals surface area contributed by atoms with Crippen LogP contribution in [-0.2, 0) is 0 Å². The molecule has 98 valence electrons. The van der Waals surface area contributed by atoms with Crippen LogP contribution in [0.1, 0.15) is 10.5 Å². The number of halogens is 1. The van der Waals surface area contributed by atoms with E-state index in [1.54, 1.807) is 0 Å². The van der Waals surface area contributed by atoms with Crippen molar-refractivity contribution in [2.45, 2.75) is 0 Å². The Morgan fingerprint density at radius 1 is 1.53 bits per heavy atom. The molecule has 1 aromatic heterocycles. The molecule has 1 heterocycles. The molecule has 0 amide bonds. The van der Waals surface area contributed by atoms with Gasteiger partial charge in [-0.25, -0.2) is 14.2 Å². The van der Waals surface area contributed by atoms with E-state index < -0.39 is 22.4 Å². The standard InChI is InChI=1S/C10H6FN3O4S/c11-4-1-2-5(6(3-4)14(17)18)9-13-7(10(15)16)8(12)19-9/h1-3H,12H2,(H,15,16). The molecule has 0 unspecified atom stereocenters. The molecule has 0 spiro atoms. The smallest absolute Gasteiger partial charge is 0.357 e. The van der Waals surface area contributed by atoms with Crippen molar-refractivity contribution in [3.05, 3.63) is 39.8 Å². The number of nitro groups is 1. The molecule has 0 aliphatic rings. The number of aromatic nitrogens is 1. The fourth-order valence-corrected chi connectivity index (χ4v) is 2.29. The minimum Gasteiger partial charge on any atom is -0.476 e. The second-order valence-corrected chi connectivity index (χ2v) is 4.49. The summed E-state index contributed by atoms with van der Waals surface area (Å²) in [6, 6.07) is 2.94. The summed E-state index contributed by atoms with van der Waals surface area (Å²) < 4.78 is 13.0. The zero-order chi connectivity index (χ0) is 14.2. The number of nitro benzene ring substituents is 1. The molecule has 2 aromatic rings. The van der Waals surface area contributed by atoms with Crippen molar-refractivity contribution in [2.75, 3.05) is 5.73 Å². The lowest BCUT2D eigenvalue weighted by atomic mass is 10.2. The van der Waals surface area contributed by atoms with Gasteiger partial charge in [0.1, 0.15) is 15.8 Å². The fourth-order valence-electron chi connectivity index (χ4n) is 1.44. The summed E-state index contributed by atoms with van der Waals surface area (Å²) in [5, 5.41) is 19.6. The number of nitrogens with zero attached hydrogens (tertiary/aromatic N) is 2. The number of nitrogens with two attached hydrogens (primary N) is 1. The number of hydrogen-bond acceptors (Lipinski definition) is 6. The molecule has 0 aliphatic carbocycles. The monoisotopic (exact) mass is 283 g/mol. The summed E-state index contributed by atoms with van der Waals surface area (Å²) in [6.07, 6.45) is 0. The quantitative estimate of drug-likeness (QED) is 0.657. The van der Waals surface area contributed by atoms with Crippen LogP contribution in [0.3, 0.4) is 0 Å². The van der Waals surface area contributed by atoms with Crippen molar-refractivity contribution in [3.8, 4) is 10.6 Å². The highest BCUT2D eigenvalue weighted by Crippen LogP contribution is 2.35. The fraction of sp³-hybridized carbons (Fsp3) is 0. The molecule has 7 nitrogen and oxygen atoms in total. The largest absolute Gasteiger partial charge is 0.476 e. The lowest BCUT2D eigenvalue weighted by molar-refractivity contribution is -0.384. The van der Waals surface area contributed by atoms with Crippen molar-refractivity contribution in [2.24, 2.45) is 0 Å². The Kier molecular flexibility index (Phi) is 3.13. The van der Waals surface area contributed by atoms with Crippen LogP contribution in [0.5, 0.6) is 0 Å². The molecule has 0 saturated carbocycles. The molecule has 9 heteroatoms. The van der Waals surface area contributed by atoms with Crippen molar-refractivity contribution in [1.82, 2.24) is 4.98 Å². The summed E-state index contributed by atoms with van der Waals surface area (Å²) in [5.41, 5.74) is 4.62. The third-order valence-corrected chi connectivity index (χ3v) is 3.16. The van der Waals surface area contributed by atoms with Crippen LogP contribution < -0.4 is 5.73 Å². The summed E-state index contributed by atoms with van der Waals surface area (Å²) in [5.74, 6) is -2.09. The normalized spacial score (nSPS) is 10.4. The average Bonchev–Trinajstić information content (AvgIpc) is 2.71. The van der Waals surface area contributed by atoms with Gasteiger partial charge in [0.15, 0.2) is 5.69 Å². The molecule has 3 N–H and O–H groups in total. The van der Waals surface area contributed by atoms with Gasteiger partial charge in [-0.1, -0.05) is 11.3 Å². The number of nitrogen functional groups attached to an aromatic ring is 1. The van der Waals surface area contributed by atoms with Gasteiger partial charge >= 0.3 is 5.97 Å². The predicted octanol–water partition coefficient (Wildman–Crippen LogP) is 2.14. The van der Waals surface area contributed by atoms with Gasteiger partial charge < -0.3 is 10.8 Å². The average molecular weight is 283 g/mol. The number of anilines is 1. The van der Waals surface area contributed by atoms with Gasteiger partial charge in [-0.3, -0.25) is 10.1 Å². The minimum atomic E-state index is -1.33. The number of thiazole rings is 1. The predicted molar refractivity (Wildman–Crippen MR) is 65.5 cm³/mol. The van der Waals surface area contributed by atoms with Gasteiger partial charge in [0.2, 0.25) is 0 Å². The molecule has 0 aliphatic heterocycles. The van der Waals surface area contributed by atoms with E-state index in [4.69, 9.17) is 10.8 Å². The van der Waals surface area contributed by atoms with Crippen LogP contribution in [0.4, 0.5) is 15.1 Å². The van der Waals surface area contributed by atoms with Crippen LogP contribution in [0.2, 0.25) is 0 Å². The number of hydrogen-bond donors (Lipinski definition) is 2. The second-order valence-electron chi connectivity index (χ2n) is 3.46. The Labute approximate surface area is 109 Å². The zero-order valence-electron chi connectivity index (χ0n) is 9.16. The zero-order valence-corrected chi connectivity index (χ0v) is 9.98. The van der Waals surface area contributed by atoms with Gasteiger partial charge in [-0.15, -0.1) is 0 Å². The van der Waals surface area contributed by atoms with Gasteiger partial charge in [0, 0.05) is 0 Å². The second kappa shape index (κ2) is 4.61. The number of carboxylic acids is 1. The van der Waals surface area contributed by atoms with Crippen LogP contribution in [0, 0.1) is 15.9 Å². The van der Waals surface area contributed by atoms with Crippen LogP contribution >= 0.6 is 11.3 Å². The molecule has 1 aromatic carbocycles. The Hall–Kier alpha value is -2.55. The van der Waals surface area contributed by atoms with E-state index in [2.05, 4.69) is 4.98 Å². The first kappa shape index (κ1) is 12.9. The molecule has 0 radical (unpaired) electrons. The van der Waals surface area contributed by atoms with E-state index in [0.29, 0.717) is 0 Å². The summed E-state index contributed by atoms with van der Waals surface area (Å²) in [7, 11) is 0. The van der Waals surface area contributed by atoms with E-state index in [-0.39, 0.29) is 21.3 Å². The van der Waals surface area contributed by atoms with Crippen molar-refractivity contribution in [3.63, 3.8) is 0 Å². The Morgan fingerprint density at radius 2 is 2.21 bits per heavy atom. The number of carboxylic acid groups (broad SMARTS) is 1. The first-order valence-electron chi connectivity index (χ1n) is 4.84. The highest BCUT2D eigenvalue weighted by molar-refractivity contribution is 7.19. The number of rotatable bonds is 3. The Bertz CT molecular complexity index is 685. The highest BCUT2D eigenvalue weighted by atomic mass is 32.1. The van der Waals surface area contributed by atoms with Crippen LogP contribution in [0.15, 0.2) is 18.2 Å². The molecule has 0 saturated heterocycles. The number of carbonyl (C=O) groups is 1. The van der Waals surface area contributed by atoms with Crippen LogP contribution in [-0.4, -0.2) is 21.0 Å². The summed E-state index contributed by atoms with van der Waals surface area (Å²) in [4.78, 5) is 24.6. The van der Waals surface area contributed by atoms with E-state index in [1.165, 1.54) is 0 Å². The highest BCUT2D eigenvalue weighted by Gasteiger charge is 2.22. The van der Waals surface area contributed by atoms with Gasteiger partial charge in [0.05, 0.1) is 16.6 Å². The molecule has 2 rings (SSSR count). The van der Waals surface area contributed by atoms with Crippen molar-refractivity contribution < 1.29 is 19.2 Å². The molecule has 0 bridgehead atoms. The number of benzene rings is 1. The van der Waals surface area contributed by atoms with E-state index >= 15 is 0 Å². The van der Waals surface area contributed by atoms with Gasteiger partial charge in [-0.2, -0.15) is 0 Å². The van der Waals surface area contributed by atoms with Crippen molar-refractivity contribution >= 4 is 28.0 Å². The van der Waals surface area contributed by atoms with Crippen LogP contribution in [0.25, 0.3) is 10.6 Å². The molecular weight excluding hydrogens is 277 g/mol. The third kappa shape index (κ3) is 2.36. The summed E-state index contributed by atoms with van der Waals surface area (Å²) in [6.45, 7) is 0. The maximum absolute atomic E-state index is 13.0. The lowest BCUT2D eigenvalue weighted by Gasteiger charge is -1.98. The SMILES string of the molecule is Nc1sc(-c2ccc(F)cc2[N+](=O)[O-])nc1C(=O)O. The van der Waals surface area contributed by atoms with Gasteiger partial charge in [0.25, 0.3) is 5.69 Å². The first-order chi connectivity index (χ1) is 8.90.